The second-order valence-corrected chi connectivity index (χ2v) is 4.55. The molecule has 0 spiro atoms. The first kappa shape index (κ1) is 12.4. The molecule has 0 fully saturated rings. The third-order valence-electron chi connectivity index (χ3n) is 2.80. The summed E-state index contributed by atoms with van der Waals surface area (Å²) in [5, 5.41) is 4.17. The smallest absolute Gasteiger partial charge is 0.271 e. The maximum absolute atomic E-state index is 11.4. The van der Waals surface area contributed by atoms with Gasteiger partial charge in [-0.1, -0.05) is 23.7 Å². The highest BCUT2D eigenvalue weighted by Crippen LogP contribution is 2.22. The molecule has 0 unspecified atom stereocenters. The fraction of sp³-hybridized carbons (Fsp3) is 0. The van der Waals surface area contributed by atoms with Crippen LogP contribution in [0.25, 0.3) is 16.9 Å². The first-order valence-electron chi connectivity index (χ1n) is 5.79. The molecule has 0 aliphatic heterocycles. The fourth-order valence-electron chi connectivity index (χ4n) is 1.84. The molecule has 0 radical (unpaired) electrons. The Morgan fingerprint density at radius 3 is 2.95 bits per heavy atom. The highest BCUT2D eigenvalue weighted by Gasteiger charge is 2.10. The molecule has 0 amide bonds. The van der Waals surface area contributed by atoms with E-state index in [0.717, 1.165) is 11.1 Å². The van der Waals surface area contributed by atoms with Gasteiger partial charge in [0, 0.05) is 17.4 Å². The van der Waals surface area contributed by atoms with Crippen LogP contribution in [0.3, 0.4) is 0 Å². The Balaban J connectivity index is 2.07. The SMILES string of the molecule is Nc1cccc(-c2cnn(-c3nc[nH]c(=O)c3Cl)c2)c1. The molecule has 0 aliphatic rings. The van der Waals surface area contributed by atoms with Crippen LogP contribution in [0.4, 0.5) is 5.69 Å². The van der Waals surface area contributed by atoms with Gasteiger partial charge in [0.05, 0.1) is 12.5 Å². The molecule has 2 aromatic heterocycles. The second-order valence-electron chi connectivity index (χ2n) is 4.17. The van der Waals surface area contributed by atoms with Crippen molar-refractivity contribution >= 4 is 17.3 Å². The summed E-state index contributed by atoms with van der Waals surface area (Å²) < 4.78 is 1.45. The van der Waals surface area contributed by atoms with Crippen LogP contribution in [-0.2, 0) is 0 Å². The molecule has 3 rings (SSSR count). The molecule has 3 N–H and O–H groups in total. The first-order chi connectivity index (χ1) is 9.65. The van der Waals surface area contributed by atoms with Gasteiger partial charge in [0.1, 0.15) is 0 Å². The molecule has 2 heterocycles. The summed E-state index contributed by atoms with van der Waals surface area (Å²) in [4.78, 5) is 17.9. The van der Waals surface area contributed by atoms with E-state index >= 15 is 0 Å². The molecule has 7 heteroatoms. The number of rotatable bonds is 2. The highest BCUT2D eigenvalue weighted by molar-refractivity contribution is 6.31. The normalized spacial score (nSPS) is 10.7. The average Bonchev–Trinajstić information content (AvgIpc) is 2.91. The van der Waals surface area contributed by atoms with Gasteiger partial charge in [0.15, 0.2) is 10.8 Å². The molecular formula is C13H10ClN5O. The zero-order valence-electron chi connectivity index (χ0n) is 10.2. The molecule has 0 aliphatic carbocycles. The molecule has 0 saturated heterocycles. The van der Waals surface area contributed by atoms with Crippen molar-refractivity contribution in [3.63, 3.8) is 0 Å². The van der Waals surface area contributed by atoms with E-state index < -0.39 is 5.56 Å². The minimum Gasteiger partial charge on any atom is -0.399 e. The largest absolute Gasteiger partial charge is 0.399 e. The van der Waals surface area contributed by atoms with Crippen LogP contribution < -0.4 is 11.3 Å². The highest BCUT2D eigenvalue weighted by atomic mass is 35.5. The van der Waals surface area contributed by atoms with Gasteiger partial charge in [0.25, 0.3) is 5.56 Å². The van der Waals surface area contributed by atoms with Gasteiger partial charge in [-0.2, -0.15) is 5.10 Å². The lowest BCUT2D eigenvalue weighted by molar-refractivity contribution is 0.835. The minimum absolute atomic E-state index is 0.00488. The monoisotopic (exact) mass is 287 g/mol. The van der Waals surface area contributed by atoms with Gasteiger partial charge in [-0.25, -0.2) is 9.67 Å². The van der Waals surface area contributed by atoms with Crippen molar-refractivity contribution in [3.05, 3.63) is 58.4 Å². The average molecular weight is 288 g/mol. The number of nitrogen functional groups attached to an aromatic ring is 1. The molecule has 0 bridgehead atoms. The number of hydrogen-bond acceptors (Lipinski definition) is 4. The first-order valence-corrected chi connectivity index (χ1v) is 6.17. The van der Waals surface area contributed by atoms with E-state index in [1.54, 1.807) is 12.4 Å². The number of nitrogens with one attached hydrogen (secondary N) is 1. The van der Waals surface area contributed by atoms with Gasteiger partial charge >= 0.3 is 0 Å². The Kier molecular flexibility index (Phi) is 3.00. The molecule has 0 saturated carbocycles. The van der Waals surface area contributed by atoms with Crippen molar-refractivity contribution in [3.8, 4) is 16.9 Å². The lowest BCUT2D eigenvalue weighted by Crippen LogP contribution is -2.11. The van der Waals surface area contributed by atoms with Crippen LogP contribution in [0.15, 0.2) is 47.8 Å². The fourth-order valence-corrected chi connectivity index (χ4v) is 2.03. The van der Waals surface area contributed by atoms with Crippen molar-refractivity contribution in [1.82, 2.24) is 19.7 Å². The van der Waals surface area contributed by atoms with Gasteiger partial charge in [0.2, 0.25) is 0 Å². The van der Waals surface area contributed by atoms with Gasteiger partial charge < -0.3 is 10.7 Å². The predicted octanol–water partition coefficient (Wildman–Crippen LogP) is 1.86. The van der Waals surface area contributed by atoms with Crippen molar-refractivity contribution in [1.29, 1.82) is 0 Å². The number of benzene rings is 1. The van der Waals surface area contributed by atoms with Gasteiger partial charge in [-0.05, 0) is 17.7 Å². The summed E-state index contributed by atoms with van der Waals surface area (Å²) in [5.74, 6) is 0.283. The number of nitrogens with two attached hydrogens (primary N) is 1. The maximum Gasteiger partial charge on any atom is 0.271 e. The van der Waals surface area contributed by atoms with E-state index in [-0.39, 0.29) is 10.8 Å². The number of aromatic amines is 1. The minimum atomic E-state index is -0.405. The zero-order chi connectivity index (χ0) is 14.1. The summed E-state index contributed by atoms with van der Waals surface area (Å²) in [6.07, 6.45) is 4.68. The summed E-state index contributed by atoms with van der Waals surface area (Å²) in [6.45, 7) is 0. The van der Waals surface area contributed by atoms with Crippen molar-refractivity contribution in [2.45, 2.75) is 0 Å². The van der Waals surface area contributed by atoms with E-state index in [9.17, 15) is 4.79 Å². The van der Waals surface area contributed by atoms with Crippen LogP contribution in [0.2, 0.25) is 5.02 Å². The second kappa shape index (κ2) is 4.82. The summed E-state index contributed by atoms with van der Waals surface area (Å²) >= 11 is 5.92. The summed E-state index contributed by atoms with van der Waals surface area (Å²) in [5.41, 5.74) is 7.80. The van der Waals surface area contributed by atoms with Crippen LogP contribution in [0, 0.1) is 0 Å². The third kappa shape index (κ3) is 2.17. The Hall–Kier alpha value is -2.60. The zero-order valence-corrected chi connectivity index (χ0v) is 11.0. The van der Waals surface area contributed by atoms with E-state index in [4.69, 9.17) is 17.3 Å². The molecule has 100 valence electrons. The summed E-state index contributed by atoms with van der Waals surface area (Å²) in [6, 6.07) is 7.43. The number of aromatic nitrogens is 4. The third-order valence-corrected chi connectivity index (χ3v) is 3.14. The van der Waals surface area contributed by atoms with E-state index in [1.165, 1.54) is 11.0 Å². The Bertz CT molecular complexity index is 823. The number of H-pyrrole nitrogens is 1. The number of hydrogen-bond donors (Lipinski definition) is 2. The molecule has 20 heavy (non-hydrogen) atoms. The van der Waals surface area contributed by atoms with Crippen LogP contribution in [0.1, 0.15) is 0 Å². The van der Waals surface area contributed by atoms with Gasteiger partial charge in [-0.3, -0.25) is 4.79 Å². The molecule has 0 atom stereocenters. The predicted molar refractivity (Wildman–Crippen MR) is 76.8 cm³/mol. The van der Waals surface area contributed by atoms with Crippen molar-refractivity contribution in [2.75, 3.05) is 5.73 Å². The van der Waals surface area contributed by atoms with Crippen LogP contribution in [-0.4, -0.2) is 19.7 Å². The quantitative estimate of drug-likeness (QED) is 0.704. The van der Waals surface area contributed by atoms with Crippen molar-refractivity contribution < 1.29 is 0 Å². The topological polar surface area (TPSA) is 89.6 Å². The standard InChI is InChI=1S/C13H10ClN5O/c14-11-12(16-7-17-13(11)20)19-6-9(5-18-19)8-2-1-3-10(15)4-8/h1-7H,15H2,(H,16,17,20). The van der Waals surface area contributed by atoms with Crippen LogP contribution >= 0.6 is 11.6 Å². The lowest BCUT2D eigenvalue weighted by Gasteiger charge is -2.01. The van der Waals surface area contributed by atoms with Crippen molar-refractivity contribution in [2.24, 2.45) is 0 Å². The molecular weight excluding hydrogens is 278 g/mol. The van der Waals surface area contributed by atoms with Gasteiger partial charge in [-0.15, -0.1) is 0 Å². The lowest BCUT2D eigenvalue weighted by atomic mass is 10.1. The maximum atomic E-state index is 11.4. The number of anilines is 1. The molecule has 6 nitrogen and oxygen atoms in total. The van der Waals surface area contributed by atoms with E-state index in [2.05, 4.69) is 15.1 Å². The van der Waals surface area contributed by atoms with E-state index in [1.807, 2.05) is 24.3 Å². The van der Waals surface area contributed by atoms with E-state index in [0.29, 0.717) is 5.69 Å². The molecule has 1 aromatic carbocycles. The van der Waals surface area contributed by atoms with Crippen LogP contribution in [0.5, 0.6) is 0 Å². The summed E-state index contributed by atoms with van der Waals surface area (Å²) in [7, 11) is 0. The Morgan fingerprint density at radius 1 is 1.30 bits per heavy atom. The Morgan fingerprint density at radius 2 is 2.15 bits per heavy atom. The number of halogens is 1. The molecule has 3 aromatic rings. The number of nitrogens with zero attached hydrogens (tertiary/aromatic N) is 3. The Labute approximate surface area is 118 Å².